The van der Waals surface area contributed by atoms with Gasteiger partial charge in [-0.25, -0.2) is 13.2 Å². The number of aryl methyl sites for hydroxylation is 1. The molecule has 4 N–H and O–H groups in total. The normalized spacial score (nSPS) is 11.7. The van der Waals surface area contributed by atoms with Crippen LogP contribution in [0.15, 0.2) is 50.5 Å². The lowest BCUT2D eigenvalue weighted by molar-refractivity contribution is 0.555. The molecule has 114 valence electrons. The second-order valence-electron chi connectivity index (χ2n) is 4.87. The molecule has 0 saturated carbocycles. The van der Waals surface area contributed by atoms with Gasteiger partial charge in [0.25, 0.3) is 10.0 Å². The molecule has 0 bridgehead atoms. The summed E-state index contributed by atoms with van der Waals surface area (Å²) in [6.45, 7) is 1.86. The Morgan fingerprint density at radius 2 is 1.95 bits per heavy atom. The number of sulfonamides is 1. The van der Waals surface area contributed by atoms with Crippen molar-refractivity contribution >= 4 is 32.5 Å². The molecular weight excluding hydrogens is 306 g/mol. The Balaban J connectivity index is 2.01. The molecule has 0 radical (unpaired) electrons. The van der Waals surface area contributed by atoms with Crippen molar-refractivity contribution in [1.29, 1.82) is 0 Å². The number of hydrogen-bond donors (Lipinski definition) is 3. The number of aromatic amines is 1. The van der Waals surface area contributed by atoms with Gasteiger partial charge < -0.3 is 10.2 Å². The molecule has 1 aromatic heterocycles. The third-order valence-corrected chi connectivity index (χ3v) is 4.52. The van der Waals surface area contributed by atoms with E-state index < -0.39 is 15.8 Å². The van der Waals surface area contributed by atoms with Crippen LogP contribution in [0.25, 0.3) is 11.1 Å². The number of hydrogen-bond acceptors (Lipinski definition) is 5. The summed E-state index contributed by atoms with van der Waals surface area (Å²) in [5, 5.41) is 0. The highest BCUT2D eigenvalue weighted by atomic mass is 32.2. The topological polar surface area (TPSA) is 118 Å². The average Bonchev–Trinajstić information content (AvgIpc) is 2.81. The number of H-pyrrole nitrogens is 1. The Morgan fingerprint density at radius 1 is 1.18 bits per heavy atom. The van der Waals surface area contributed by atoms with Gasteiger partial charge in [0.15, 0.2) is 5.58 Å². The number of nitrogens with two attached hydrogens (primary N) is 1. The predicted molar refractivity (Wildman–Crippen MR) is 83.2 cm³/mol. The molecule has 0 aliphatic heterocycles. The third-order valence-electron chi connectivity index (χ3n) is 3.15. The van der Waals surface area contributed by atoms with E-state index in [1.807, 2.05) is 6.92 Å². The first-order chi connectivity index (χ1) is 10.3. The fourth-order valence-corrected chi connectivity index (χ4v) is 3.19. The van der Waals surface area contributed by atoms with Gasteiger partial charge in [-0.2, -0.15) is 0 Å². The van der Waals surface area contributed by atoms with E-state index in [1.54, 1.807) is 18.2 Å². The molecule has 0 amide bonds. The molecule has 22 heavy (non-hydrogen) atoms. The predicted octanol–water partition coefficient (Wildman–Crippen LogP) is 1.81. The van der Waals surface area contributed by atoms with Crippen molar-refractivity contribution < 1.29 is 12.8 Å². The van der Waals surface area contributed by atoms with E-state index in [9.17, 15) is 13.2 Å². The maximum Gasteiger partial charge on any atom is 0.417 e. The van der Waals surface area contributed by atoms with Crippen LogP contribution in [-0.2, 0) is 10.0 Å². The molecular formula is C14H13N3O4S. The van der Waals surface area contributed by atoms with Crippen LogP contribution in [0.4, 0.5) is 11.4 Å². The van der Waals surface area contributed by atoms with Crippen LogP contribution in [0.2, 0.25) is 0 Å². The summed E-state index contributed by atoms with van der Waals surface area (Å²) in [6.07, 6.45) is 0. The molecule has 3 aromatic rings. The smallest absolute Gasteiger partial charge is 0.408 e. The number of benzene rings is 2. The molecule has 0 spiro atoms. The fourth-order valence-electron chi connectivity index (χ4n) is 2.08. The van der Waals surface area contributed by atoms with Gasteiger partial charge in [0.1, 0.15) is 0 Å². The second kappa shape index (κ2) is 4.92. The van der Waals surface area contributed by atoms with Crippen LogP contribution in [0.5, 0.6) is 0 Å². The molecule has 1 heterocycles. The number of fused-ring (bicyclic) bond motifs is 1. The molecule has 0 unspecified atom stereocenters. The van der Waals surface area contributed by atoms with Crippen LogP contribution in [0.3, 0.4) is 0 Å². The largest absolute Gasteiger partial charge is 0.417 e. The molecule has 7 nitrogen and oxygen atoms in total. The summed E-state index contributed by atoms with van der Waals surface area (Å²) in [5.41, 5.74) is 7.97. The average molecular weight is 319 g/mol. The summed E-state index contributed by atoms with van der Waals surface area (Å²) in [4.78, 5) is 13.5. The zero-order chi connectivity index (χ0) is 15.9. The maximum absolute atomic E-state index is 12.4. The van der Waals surface area contributed by atoms with Gasteiger partial charge in [-0.1, -0.05) is 6.07 Å². The van der Waals surface area contributed by atoms with E-state index in [2.05, 4.69) is 9.71 Å². The number of nitrogens with one attached hydrogen (secondary N) is 2. The zero-order valence-corrected chi connectivity index (χ0v) is 12.4. The molecule has 0 saturated heterocycles. The Hall–Kier alpha value is -2.74. The minimum Gasteiger partial charge on any atom is -0.408 e. The van der Waals surface area contributed by atoms with Gasteiger partial charge in [0.05, 0.1) is 21.8 Å². The molecule has 0 fully saturated rings. The van der Waals surface area contributed by atoms with Crippen molar-refractivity contribution in [3.8, 4) is 0 Å². The molecule has 0 atom stereocenters. The van der Waals surface area contributed by atoms with Crippen molar-refractivity contribution in [2.24, 2.45) is 0 Å². The summed E-state index contributed by atoms with van der Waals surface area (Å²) in [6, 6.07) is 9.12. The van der Waals surface area contributed by atoms with Crippen molar-refractivity contribution in [2.45, 2.75) is 11.8 Å². The number of oxazole rings is 1. The number of aromatic nitrogens is 1. The van der Waals surface area contributed by atoms with Crippen LogP contribution in [0.1, 0.15) is 5.56 Å². The van der Waals surface area contributed by atoms with E-state index in [4.69, 9.17) is 10.2 Å². The maximum atomic E-state index is 12.4. The minimum atomic E-state index is -3.82. The second-order valence-corrected chi connectivity index (χ2v) is 6.55. The monoisotopic (exact) mass is 319 g/mol. The first-order valence-electron chi connectivity index (χ1n) is 6.37. The lowest BCUT2D eigenvalue weighted by Gasteiger charge is -2.10. The highest BCUT2D eigenvalue weighted by molar-refractivity contribution is 7.92. The molecule has 8 heteroatoms. The van der Waals surface area contributed by atoms with Crippen LogP contribution in [0, 0.1) is 6.92 Å². The number of rotatable bonds is 3. The van der Waals surface area contributed by atoms with E-state index in [1.165, 1.54) is 18.2 Å². The van der Waals surface area contributed by atoms with E-state index >= 15 is 0 Å². The molecule has 0 aliphatic carbocycles. The van der Waals surface area contributed by atoms with E-state index in [0.29, 0.717) is 22.5 Å². The summed E-state index contributed by atoms with van der Waals surface area (Å²) in [7, 11) is -3.82. The molecule has 0 aliphatic rings. The Kier molecular flexibility index (Phi) is 3.18. The standard InChI is InChI=1S/C14H13N3O4S/c1-8-2-4-11(10(15)6-8)17-22(19,20)9-3-5-13-12(7-9)16-14(18)21-13/h2-7,17H,15H2,1H3,(H,16,18). The highest BCUT2D eigenvalue weighted by Gasteiger charge is 2.17. The summed E-state index contributed by atoms with van der Waals surface area (Å²) < 4.78 is 32.1. The SMILES string of the molecule is Cc1ccc(NS(=O)(=O)c2ccc3oc(=O)[nH]c3c2)c(N)c1. The fraction of sp³-hybridized carbons (Fsp3) is 0.0714. The quantitative estimate of drug-likeness (QED) is 0.636. The van der Waals surface area contributed by atoms with Crippen molar-refractivity contribution in [3.63, 3.8) is 0 Å². The van der Waals surface area contributed by atoms with Gasteiger partial charge in [-0.05, 0) is 42.8 Å². The lowest BCUT2D eigenvalue weighted by atomic mass is 10.2. The van der Waals surface area contributed by atoms with Gasteiger partial charge in [0, 0.05) is 0 Å². The highest BCUT2D eigenvalue weighted by Crippen LogP contribution is 2.24. The Bertz CT molecular complexity index is 1020. The van der Waals surface area contributed by atoms with Crippen molar-refractivity contribution in [2.75, 3.05) is 10.5 Å². The van der Waals surface area contributed by atoms with Crippen LogP contribution < -0.4 is 16.2 Å². The van der Waals surface area contributed by atoms with E-state index in [-0.39, 0.29) is 4.90 Å². The van der Waals surface area contributed by atoms with Gasteiger partial charge in [0.2, 0.25) is 0 Å². The van der Waals surface area contributed by atoms with Gasteiger partial charge >= 0.3 is 5.76 Å². The molecule has 3 rings (SSSR count). The number of nitrogen functional groups attached to an aromatic ring is 1. The minimum absolute atomic E-state index is 0.00275. The van der Waals surface area contributed by atoms with Gasteiger partial charge in [-0.3, -0.25) is 9.71 Å². The Morgan fingerprint density at radius 3 is 2.68 bits per heavy atom. The first kappa shape index (κ1) is 14.2. The molecule has 2 aromatic carbocycles. The van der Waals surface area contributed by atoms with Crippen molar-refractivity contribution in [3.05, 3.63) is 52.5 Å². The van der Waals surface area contributed by atoms with Crippen LogP contribution in [-0.4, -0.2) is 13.4 Å². The van der Waals surface area contributed by atoms with Crippen LogP contribution >= 0.6 is 0 Å². The lowest BCUT2D eigenvalue weighted by Crippen LogP contribution is -2.14. The summed E-state index contributed by atoms with van der Waals surface area (Å²) in [5.74, 6) is -0.639. The Labute approximate surface area is 125 Å². The first-order valence-corrected chi connectivity index (χ1v) is 7.85. The third kappa shape index (κ3) is 2.56. The van der Waals surface area contributed by atoms with E-state index in [0.717, 1.165) is 5.56 Å². The van der Waals surface area contributed by atoms with Gasteiger partial charge in [-0.15, -0.1) is 0 Å². The number of anilines is 2. The van der Waals surface area contributed by atoms with Crippen molar-refractivity contribution in [1.82, 2.24) is 4.98 Å². The zero-order valence-electron chi connectivity index (χ0n) is 11.6. The summed E-state index contributed by atoms with van der Waals surface area (Å²) >= 11 is 0.